The minimum atomic E-state index is -0.110. The van der Waals surface area contributed by atoms with Crippen LogP contribution in [0.1, 0.15) is 16.7 Å². The summed E-state index contributed by atoms with van der Waals surface area (Å²) in [5.41, 5.74) is 4.74. The van der Waals surface area contributed by atoms with E-state index in [0.717, 1.165) is 17.0 Å². The van der Waals surface area contributed by atoms with E-state index in [4.69, 9.17) is 0 Å². The van der Waals surface area contributed by atoms with Crippen LogP contribution in [-0.2, 0) is 5.75 Å². The first kappa shape index (κ1) is 16.6. The molecule has 5 nitrogen and oxygen atoms in total. The van der Waals surface area contributed by atoms with Crippen molar-refractivity contribution in [2.24, 2.45) is 0 Å². The molecule has 26 heavy (non-hydrogen) atoms. The van der Waals surface area contributed by atoms with E-state index in [0.29, 0.717) is 16.2 Å². The van der Waals surface area contributed by atoms with Crippen LogP contribution in [0.3, 0.4) is 0 Å². The second kappa shape index (κ2) is 6.80. The molecule has 0 saturated heterocycles. The molecule has 0 unspecified atom stereocenters. The normalized spacial score (nSPS) is 11.2. The molecular weight excluding hydrogens is 344 g/mol. The molecule has 0 aliphatic rings. The van der Waals surface area contributed by atoms with E-state index in [2.05, 4.69) is 46.4 Å². The Morgan fingerprint density at radius 3 is 2.65 bits per heavy atom. The Bertz CT molecular complexity index is 1130. The van der Waals surface area contributed by atoms with Crippen LogP contribution in [0.25, 0.3) is 16.7 Å². The molecule has 0 aliphatic carbocycles. The summed E-state index contributed by atoms with van der Waals surface area (Å²) in [5, 5.41) is 7.92. The van der Waals surface area contributed by atoms with Crippen molar-refractivity contribution in [2.75, 3.05) is 0 Å². The van der Waals surface area contributed by atoms with Crippen LogP contribution in [0.4, 0.5) is 0 Å². The summed E-state index contributed by atoms with van der Waals surface area (Å²) in [6, 6.07) is 16.3. The van der Waals surface area contributed by atoms with E-state index in [-0.39, 0.29) is 5.56 Å². The van der Waals surface area contributed by atoms with Gasteiger partial charge >= 0.3 is 0 Å². The Balaban J connectivity index is 1.80. The molecule has 2 heterocycles. The quantitative estimate of drug-likeness (QED) is 0.440. The van der Waals surface area contributed by atoms with Gasteiger partial charge in [0.2, 0.25) is 0 Å². The van der Waals surface area contributed by atoms with Gasteiger partial charge in [0.1, 0.15) is 5.39 Å². The lowest BCUT2D eigenvalue weighted by molar-refractivity contribution is 0.815. The Kier molecular flexibility index (Phi) is 4.34. The predicted octanol–water partition coefficient (Wildman–Crippen LogP) is 4.02. The first-order valence-corrected chi connectivity index (χ1v) is 9.32. The predicted molar refractivity (Wildman–Crippen MR) is 105 cm³/mol. The number of aryl methyl sites for hydroxylation is 2. The summed E-state index contributed by atoms with van der Waals surface area (Å²) in [4.78, 5) is 17.7. The summed E-state index contributed by atoms with van der Waals surface area (Å²) in [7, 11) is 0. The summed E-state index contributed by atoms with van der Waals surface area (Å²) < 4.78 is 1.67. The zero-order valence-corrected chi connectivity index (χ0v) is 15.4. The van der Waals surface area contributed by atoms with Gasteiger partial charge in [0, 0.05) is 5.75 Å². The Hall–Kier alpha value is -2.86. The highest BCUT2D eigenvalue weighted by molar-refractivity contribution is 7.98. The maximum absolute atomic E-state index is 13.0. The molecule has 0 radical (unpaired) electrons. The molecule has 0 saturated carbocycles. The lowest BCUT2D eigenvalue weighted by Gasteiger charge is -2.12. The van der Waals surface area contributed by atoms with Gasteiger partial charge in [-0.2, -0.15) is 5.10 Å². The summed E-state index contributed by atoms with van der Waals surface area (Å²) in [6.07, 6.45) is 1.53. The second-order valence-corrected chi connectivity index (χ2v) is 7.22. The van der Waals surface area contributed by atoms with Crippen LogP contribution in [0.2, 0.25) is 0 Å². The van der Waals surface area contributed by atoms with Crippen LogP contribution in [-0.4, -0.2) is 19.7 Å². The number of hydrogen-bond donors (Lipinski definition) is 1. The van der Waals surface area contributed by atoms with Gasteiger partial charge in [0.25, 0.3) is 5.56 Å². The van der Waals surface area contributed by atoms with Crippen LogP contribution in [0, 0.1) is 13.8 Å². The number of fused-ring (bicyclic) bond motifs is 1. The van der Waals surface area contributed by atoms with Gasteiger partial charge in [-0.1, -0.05) is 53.7 Å². The molecule has 6 heteroatoms. The molecule has 1 N–H and O–H groups in total. The van der Waals surface area contributed by atoms with E-state index in [1.54, 1.807) is 16.3 Å². The van der Waals surface area contributed by atoms with Gasteiger partial charge in [-0.3, -0.25) is 14.5 Å². The highest BCUT2D eigenvalue weighted by Crippen LogP contribution is 2.24. The average molecular weight is 362 g/mol. The lowest BCUT2D eigenvalue weighted by Crippen LogP contribution is -2.21. The van der Waals surface area contributed by atoms with E-state index in [1.165, 1.54) is 17.3 Å². The summed E-state index contributed by atoms with van der Waals surface area (Å²) in [5.74, 6) is 0.734. The fourth-order valence-corrected chi connectivity index (χ4v) is 3.76. The smallest absolute Gasteiger partial charge is 0.268 e. The molecule has 0 aliphatic heterocycles. The van der Waals surface area contributed by atoms with Gasteiger partial charge in [-0.15, -0.1) is 0 Å². The molecule has 2 aromatic heterocycles. The van der Waals surface area contributed by atoms with Crippen molar-refractivity contribution in [1.29, 1.82) is 0 Å². The zero-order valence-electron chi connectivity index (χ0n) is 14.6. The van der Waals surface area contributed by atoms with Crippen molar-refractivity contribution in [3.05, 3.63) is 81.8 Å². The third-order valence-corrected chi connectivity index (χ3v) is 5.21. The fraction of sp³-hybridized carbons (Fsp3) is 0.150. The maximum Gasteiger partial charge on any atom is 0.269 e. The van der Waals surface area contributed by atoms with Crippen molar-refractivity contribution >= 4 is 22.8 Å². The molecule has 0 atom stereocenters. The number of rotatable bonds is 4. The molecule has 0 spiro atoms. The number of nitrogens with zero attached hydrogens (tertiary/aromatic N) is 3. The van der Waals surface area contributed by atoms with Gasteiger partial charge in [0.05, 0.1) is 11.9 Å². The van der Waals surface area contributed by atoms with Crippen LogP contribution < -0.4 is 5.56 Å². The molecule has 4 rings (SSSR count). The number of nitrogens with one attached hydrogen (secondary N) is 1. The fourth-order valence-electron chi connectivity index (χ4n) is 2.80. The number of aromatic amines is 1. The standard InChI is InChI=1S/C20H18N4OS/c1-13-6-8-15(9-7-13)12-26-20-22-18-17(11-21-23-18)19(25)24(20)16-5-3-4-14(2)10-16/h3-11H,12H2,1-2H3,(H,21,23). The minimum absolute atomic E-state index is 0.110. The largest absolute Gasteiger partial charge is 0.269 e. The monoisotopic (exact) mass is 362 g/mol. The molecular formula is C20H18N4OS. The molecule has 130 valence electrons. The molecule has 2 aromatic carbocycles. The van der Waals surface area contributed by atoms with E-state index in [9.17, 15) is 4.79 Å². The highest BCUT2D eigenvalue weighted by Gasteiger charge is 2.15. The third-order valence-electron chi connectivity index (χ3n) is 4.20. The molecule has 0 amide bonds. The zero-order chi connectivity index (χ0) is 18.1. The van der Waals surface area contributed by atoms with Gasteiger partial charge in [-0.05, 0) is 37.1 Å². The number of benzene rings is 2. The van der Waals surface area contributed by atoms with Crippen molar-refractivity contribution in [3.8, 4) is 5.69 Å². The molecule has 0 bridgehead atoms. The van der Waals surface area contributed by atoms with Crippen LogP contribution in [0.15, 0.2) is 64.7 Å². The average Bonchev–Trinajstić information content (AvgIpc) is 3.10. The third kappa shape index (κ3) is 3.15. The topological polar surface area (TPSA) is 63.6 Å². The van der Waals surface area contributed by atoms with E-state index < -0.39 is 0 Å². The van der Waals surface area contributed by atoms with Crippen molar-refractivity contribution in [2.45, 2.75) is 24.8 Å². The van der Waals surface area contributed by atoms with Gasteiger partial charge in [-0.25, -0.2) is 4.98 Å². The van der Waals surface area contributed by atoms with Crippen molar-refractivity contribution in [1.82, 2.24) is 19.7 Å². The van der Waals surface area contributed by atoms with Crippen molar-refractivity contribution < 1.29 is 0 Å². The van der Waals surface area contributed by atoms with Gasteiger partial charge in [0.15, 0.2) is 10.8 Å². The second-order valence-electron chi connectivity index (χ2n) is 6.28. The van der Waals surface area contributed by atoms with Crippen molar-refractivity contribution in [3.63, 3.8) is 0 Å². The number of aromatic nitrogens is 4. The van der Waals surface area contributed by atoms with Crippen LogP contribution in [0.5, 0.6) is 0 Å². The summed E-state index contributed by atoms with van der Waals surface area (Å²) in [6.45, 7) is 4.08. The maximum atomic E-state index is 13.0. The Morgan fingerprint density at radius 2 is 1.88 bits per heavy atom. The van der Waals surface area contributed by atoms with Crippen LogP contribution >= 0.6 is 11.8 Å². The number of hydrogen-bond acceptors (Lipinski definition) is 4. The van der Waals surface area contributed by atoms with Gasteiger partial charge < -0.3 is 0 Å². The Morgan fingerprint density at radius 1 is 1.08 bits per heavy atom. The molecule has 4 aromatic rings. The SMILES string of the molecule is Cc1ccc(CSc2nc3[nH]ncc3c(=O)n2-c2cccc(C)c2)cc1. The highest BCUT2D eigenvalue weighted by atomic mass is 32.2. The minimum Gasteiger partial charge on any atom is -0.268 e. The Labute approximate surface area is 155 Å². The van der Waals surface area contributed by atoms with E-state index >= 15 is 0 Å². The lowest BCUT2D eigenvalue weighted by atomic mass is 10.2. The molecule has 0 fully saturated rings. The first-order valence-electron chi connectivity index (χ1n) is 8.33. The van der Waals surface area contributed by atoms with E-state index in [1.807, 2.05) is 31.2 Å². The number of thioether (sulfide) groups is 1. The first-order chi connectivity index (χ1) is 12.6. The summed E-state index contributed by atoms with van der Waals surface area (Å²) >= 11 is 1.54. The number of H-pyrrole nitrogens is 1.